The number of amides is 1. The fourth-order valence-electron chi connectivity index (χ4n) is 2.04. The van der Waals surface area contributed by atoms with Gasteiger partial charge in [-0.3, -0.25) is 4.79 Å². The van der Waals surface area contributed by atoms with Crippen LogP contribution in [0.2, 0.25) is 0 Å². The highest BCUT2D eigenvalue weighted by molar-refractivity contribution is 5.94. The number of hydrogen-bond donors (Lipinski definition) is 0. The lowest BCUT2D eigenvalue weighted by atomic mass is 10.1. The van der Waals surface area contributed by atoms with Gasteiger partial charge >= 0.3 is 0 Å². The van der Waals surface area contributed by atoms with Gasteiger partial charge in [0.25, 0.3) is 0 Å². The van der Waals surface area contributed by atoms with Crippen LogP contribution in [0, 0.1) is 19.8 Å². The van der Waals surface area contributed by atoms with Gasteiger partial charge in [0, 0.05) is 18.7 Å². The molecule has 0 bridgehead atoms. The first-order valence-corrected chi connectivity index (χ1v) is 6.83. The van der Waals surface area contributed by atoms with Crippen molar-refractivity contribution in [1.29, 1.82) is 0 Å². The summed E-state index contributed by atoms with van der Waals surface area (Å²) >= 11 is 0. The fourth-order valence-corrected chi connectivity index (χ4v) is 2.04. The Balaban J connectivity index is 2.88. The molecule has 0 unspecified atom stereocenters. The summed E-state index contributed by atoms with van der Waals surface area (Å²) in [5, 5.41) is 0. The number of nitrogens with zero attached hydrogens (tertiary/aromatic N) is 1. The number of aryl methyl sites for hydroxylation is 2. The van der Waals surface area contributed by atoms with Gasteiger partial charge in [0.2, 0.25) is 5.91 Å². The molecule has 1 aromatic rings. The average molecular weight is 247 g/mol. The minimum atomic E-state index is 0.236. The Morgan fingerprint density at radius 3 is 2.50 bits per heavy atom. The number of carbonyl (C=O) groups is 1. The van der Waals surface area contributed by atoms with Gasteiger partial charge in [-0.05, 0) is 50.3 Å². The van der Waals surface area contributed by atoms with Crippen LogP contribution in [0.25, 0.3) is 0 Å². The zero-order chi connectivity index (χ0) is 13.7. The molecule has 0 aliphatic heterocycles. The van der Waals surface area contributed by atoms with Crippen molar-refractivity contribution in [2.24, 2.45) is 5.92 Å². The van der Waals surface area contributed by atoms with E-state index in [1.165, 1.54) is 11.1 Å². The van der Waals surface area contributed by atoms with Crippen molar-refractivity contribution in [3.63, 3.8) is 0 Å². The molecule has 0 saturated heterocycles. The molecule has 1 amide bonds. The summed E-state index contributed by atoms with van der Waals surface area (Å²) in [4.78, 5) is 14.2. The first-order chi connectivity index (χ1) is 8.45. The monoisotopic (exact) mass is 247 g/mol. The van der Waals surface area contributed by atoms with E-state index in [0.717, 1.165) is 18.7 Å². The summed E-state index contributed by atoms with van der Waals surface area (Å²) in [5.74, 6) is 0.811. The van der Waals surface area contributed by atoms with E-state index in [2.05, 4.69) is 45.9 Å². The molecule has 2 nitrogen and oxygen atoms in total. The smallest absolute Gasteiger partial charge is 0.226 e. The van der Waals surface area contributed by atoms with Gasteiger partial charge in [0.05, 0.1) is 0 Å². The number of hydrogen-bond acceptors (Lipinski definition) is 1. The van der Waals surface area contributed by atoms with Crippen molar-refractivity contribution in [1.82, 2.24) is 0 Å². The van der Waals surface area contributed by atoms with Crippen LogP contribution in [0.4, 0.5) is 5.69 Å². The molecule has 0 radical (unpaired) electrons. The Labute approximate surface area is 111 Å². The Morgan fingerprint density at radius 2 is 1.94 bits per heavy atom. The van der Waals surface area contributed by atoms with Crippen LogP contribution in [-0.4, -0.2) is 12.5 Å². The molecule has 0 aliphatic carbocycles. The van der Waals surface area contributed by atoms with Gasteiger partial charge in [-0.2, -0.15) is 0 Å². The maximum Gasteiger partial charge on any atom is 0.226 e. The molecule has 0 aromatic heterocycles. The van der Waals surface area contributed by atoms with E-state index in [0.29, 0.717) is 12.3 Å². The van der Waals surface area contributed by atoms with Crippen molar-refractivity contribution < 1.29 is 4.79 Å². The van der Waals surface area contributed by atoms with Crippen LogP contribution in [-0.2, 0) is 4.79 Å². The Hall–Kier alpha value is -1.31. The van der Waals surface area contributed by atoms with E-state index < -0.39 is 0 Å². The van der Waals surface area contributed by atoms with Crippen molar-refractivity contribution in [3.05, 3.63) is 29.3 Å². The fraction of sp³-hybridized carbons (Fsp3) is 0.562. The van der Waals surface area contributed by atoms with Gasteiger partial charge in [-0.25, -0.2) is 0 Å². The lowest BCUT2D eigenvalue weighted by Crippen LogP contribution is -2.31. The normalized spacial score (nSPS) is 10.8. The Morgan fingerprint density at radius 1 is 1.28 bits per heavy atom. The summed E-state index contributed by atoms with van der Waals surface area (Å²) in [6.07, 6.45) is 1.60. The van der Waals surface area contributed by atoms with Crippen LogP contribution < -0.4 is 4.90 Å². The first-order valence-electron chi connectivity index (χ1n) is 6.83. The van der Waals surface area contributed by atoms with Crippen LogP contribution in [0.15, 0.2) is 18.2 Å². The SMILES string of the molecule is CCN(C(=O)CCC(C)C)c1cc(C)ccc1C. The highest BCUT2D eigenvalue weighted by atomic mass is 16.2. The summed E-state index contributed by atoms with van der Waals surface area (Å²) in [6.45, 7) is 11.2. The van der Waals surface area contributed by atoms with E-state index in [1.54, 1.807) is 0 Å². The highest BCUT2D eigenvalue weighted by Crippen LogP contribution is 2.22. The molecule has 0 heterocycles. The topological polar surface area (TPSA) is 20.3 Å². The van der Waals surface area contributed by atoms with Crippen molar-refractivity contribution in [3.8, 4) is 0 Å². The average Bonchev–Trinajstić information content (AvgIpc) is 2.32. The summed E-state index contributed by atoms with van der Waals surface area (Å²) in [5.41, 5.74) is 3.43. The van der Waals surface area contributed by atoms with Crippen LogP contribution >= 0.6 is 0 Å². The maximum absolute atomic E-state index is 12.3. The molecule has 0 saturated carbocycles. The van der Waals surface area contributed by atoms with Crippen molar-refractivity contribution in [2.45, 2.75) is 47.5 Å². The largest absolute Gasteiger partial charge is 0.312 e. The quantitative estimate of drug-likeness (QED) is 0.767. The highest BCUT2D eigenvalue weighted by Gasteiger charge is 2.15. The minimum Gasteiger partial charge on any atom is -0.312 e. The maximum atomic E-state index is 12.3. The van der Waals surface area contributed by atoms with Gasteiger partial charge in [-0.1, -0.05) is 26.0 Å². The minimum absolute atomic E-state index is 0.236. The third kappa shape index (κ3) is 3.86. The Bertz CT molecular complexity index is 410. The lowest BCUT2D eigenvalue weighted by Gasteiger charge is -2.24. The molecule has 0 atom stereocenters. The number of anilines is 1. The molecular weight excluding hydrogens is 222 g/mol. The molecule has 1 aromatic carbocycles. The van der Waals surface area contributed by atoms with E-state index in [-0.39, 0.29) is 5.91 Å². The standard InChI is InChI=1S/C16H25NO/c1-6-17(16(18)10-7-12(2)3)15-11-13(4)8-9-14(15)5/h8-9,11-12H,6-7,10H2,1-5H3. The zero-order valence-electron chi connectivity index (χ0n) is 12.3. The predicted octanol–water partition coefficient (Wildman–Crippen LogP) is 4.09. The summed E-state index contributed by atoms with van der Waals surface area (Å²) < 4.78 is 0. The van der Waals surface area contributed by atoms with Gasteiger partial charge in [0.15, 0.2) is 0 Å². The summed E-state index contributed by atoms with van der Waals surface area (Å²) in [7, 11) is 0. The third-order valence-corrected chi connectivity index (χ3v) is 3.21. The third-order valence-electron chi connectivity index (χ3n) is 3.21. The zero-order valence-corrected chi connectivity index (χ0v) is 12.3. The molecule has 0 fully saturated rings. The second kappa shape index (κ2) is 6.58. The molecule has 0 aliphatic rings. The van der Waals surface area contributed by atoms with Crippen molar-refractivity contribution in [2.75, 3.05) is 11.4 Å². The van der Waals surface area contributed by atoms with Gasteiger partial charge < -0.3 is 4.90 Å². The molecule has 1 rings (SSSR count). The lowest BCUT2D eigenvalue weighted by molar-refractivity contribution is -0.118. The van der Waals surface area contributed by atoms with Crippen LogP contribution in [0.1, 0.15) is 44.7 Å². The molecule has 0 spiro atoms. The van der Waals surface area contributed by atoms with Gasteiger partial charge in [-0.15, -0.1) is 0 Å². The molecular formula is C16H25NO. The second-order valence-electron chi connectivity index (χ2n) is 5.36. The van der Waals surface area contributed by atoms with Crippen molar-refractivity contribution >= 4 is 11.6 Å². The van der Waals surface area contributed by atoms with E-state index in [4.69, 9.17) is 0 Å². The van der Waals surface area contributed by atoms with E-state index >= 15 is 0 Å². The number of rotatable bonds is 5. The second-order valence-corrected chi connectivity index (χ2v) is 5.36. The Kier molecular flexibility index (Phi) is 5.39. The van der Waals surface area contributed by atoms with E-state index in [9.17, 15) is 4.79 Å². The van der Waals surface area contributed by atoms with E-state index in [1.807, 2.05) is 11.8 Å². The molecule has 2 heteroatoms. The van der Waals surface area contributed by atoms with Gasteiger partial charge in [0.1, 0.15) is 0 Å². The predicted molar refractivity (Wildman–Crippen MR) is 78.0 cm³/mol. The molecule has 18 heavy (non-hydrogen) atoms. The summed E-state index contributed by atoms with van der Waals surface area (Å²) in [6, 6.07) is 6.28. The number of carbonyl (C=O) groups excluding carboxylic acids is 1. The first kappa shape index (κ1) is 14.7. The number of benzene rings is 1. The van der Waals surface area contributed by atoms with Crippen LogP contribution in [0.5, 0.6) is 0 Å². The molecule has 0 N–H and O–H groups in total. The molecule has 100 valence electrons. The van der Waals surface area contributed by atoms with Crippen LogP contribution in [0.3, 0.4) is 0 Å².